The molecule has 2 aromatic rings. The first kappa shape index (κ1) is 16.7. The third-order valence-corrected chi connectivity index (χ3v) is 3.94. The van der Waals surface area contributed by atoms with Gasteiger partial charge < -0.3 is 5.32 Å². The van der Waals surface area contributed by atoms with Gasteiger partial charge in [0.1, 0.15) is 0 Å². The van der Waals surface area contributed by atoms with Gasteiger partial charge in [-0.3, -0.25) is 10.1 Å². The Hall–Kier alpha value is -1.62. The fourth-order valence-corrected chi connectivity index (χ4v) is 2.34. The molecule has 3 nitrogen and oxygen atoms in total. The molecule has 0 spiro atoms. The lowest BCUT2D eigenvalue weighted by Crippen LogP contribution is -2.34. The summed E-state index contributed by atoms with van der Waals surface area (Å²) in [5.41, 5.74) is 3.26. The van der Waals surface area contributed by atoms with Gasteiger partial charge in [-0.15, -0.1) is 0 Å². The smallest absolute Gasteiger partial charge is 0.257 e. The fourth-order valence-electron chi connectivity index (χ4n) is 1.80. The van der Waals surface area contributed by atoms with Gasteiger partial charge in [0.2, 0.25) is 0 Å². The van der Waals surface area contributed by atoms with E-state index in [1.807, 2.05) is 26.0 Å². The summed E-state index contributed by atoms with van der Waals surface area (Å²) in [5, 5.41) is 6.63. The Morgan fingerprint density at radius 3 is 2.45 bits per heavy atom. The van der Waals surface area contributed by atoms with Crippen molar-refractivity contribution >= 4 is 52.1 Å². The molecule has 0 fully saturated rings. The average molecular weight is 353 g/mol. The van der Waals surface area contributed by atoms with Crippen molar-refractivity contribution in [1.29, 1.82) is 0 Å². The van der Waals surface area contributed by atoms with E-state index in [0.29, 0.717) is 21.3 Å². The molecule has 1 amide bonds. The lowest BCUT2D eigenvalue weighted by molar-refractivity contribution is 0.0977. The molecule has 0 radical (unpaired) electrons. The summed E-state index contributed by atoms with van der Waals surface area (Å²) in [6.45, 7) is 3.94. The van der Waals surface area contributed by atoms with Crippen molar-refractivity contribution in [1.82, 2.24) is 5.32 Å². The number of carbonyl (C=O) groups is 1. The largest absolute Gasteiger partial charge is 0.331 e. The highest BCUT2D eigenvalue weighted by atomic mass is 35.5. The van der Waals surface area contributed by atoms with Gasteiger partial charge in [-0.2, -0.15) is 0 Å². The predicted octanol–water partition coefficient (Wildman–Crippen LogP) is 4.74. The zero-order chi connectivity index (χ0) is 16.3. The standard InChI is InChI=1S/C16H14Cl2N2OS/c1-9-3-4-11(7-10(9)2)15(21)20-16(22)19-14-8-12(17)5-6-13(14)18/h3-8H,1-2H3,(H2,19,20,21,22). The minimum Gasteiger partial charge on any atom is -0.331 e. The Labute approximate surface area is 144 Å². The molecule has 0 aliphatic rings. The average Bonchev–Trinajstić information content (AvgIpc) is 2.45. The van der Waals surface area contributed by atoms with Crippen LogP contribution in [0.2, 0.25) is 10.0 Å². The molecule has 2 N–H and O–H groups in total. The van der Waals surface area contributed by atoms with Crippen LogP contribution < -0.4 is 10.6 Å². The first-order valence-electron chi connectivity index (χ1n) is 6.51. The van der Waals surface area contributed by atoms with E-state index in [-0.39, 0.29) is 11.0 Å². The molecule has 2 rings (SSSR count). The molecule has 0 aliphatic carbocycles. The zero-order valence-corrected chi connectivity index (χ0v) is 14.4. The second-order valence-electron chi connectivity index (χ2n) is 4.83. The van der Waals surface area contributed by atoms with Gasteiger partial charge in [-0.1, -0.05) is 29.3 Å². The number of aryl methyl sites for hydroxylation is 2. The van der Waals surface area contributed by atoms with Gasteiger partial charge in [0.15, 0.2) is 5.11 Å². The monoisotopic (exact) mass is 352 g/mol. The van der Waals surface area contributed by atoms with Gasteiger partial charge in [0.25, 0.3) is 5.91 Å². The lowest BCUT2D eigenvalue weighted by atomic mass is 10.1. The topological polar surface area (TPSA) is 41.1 Å². The molecule has 22 heavy (non-hydrogen) atoms. The van der Waals surface area contributed by atoms with Gasteiger partial charge in [-0.05, 0) is 67.5 Å². The highest BCUT2D eigenvalue weighted by Gasteiger charge is 2.10. The van der Waals surface area contributed by atoms with Crippen molar-refractivity contribution in [2.45, 2.75) is 13.8 Å². The number of nitrogens with one attached hydrogen (secondary N) is 2. The number of carbonyl (C=O) groups excluding carboxylic acids is 1. The van der Waals surface area contributed by atoms with Crippen LogP contribution in [0.4, 0.5) is 5.69 Å². The maximum Gasteiger partial charge on any atom is 0.257 e. The second kappa shape index (κ2) is 7.09. The molecular formula is C16H14Cl2N2OS. The molecule has 0 aliphatic heterocycles. The Kier molecular flexibility index (Phi) is 5.40. The molecule has 114 valence electrons. The number of hydrogen-bond donors (Lipinski definition) is 2. The number of thiocarbonyl (C=S) groups is 1. The van der Waals surface area contributed by atoms with Crippen molar-refractivity contribution in [2.24, 2.45) is 0 Å². The van der Waals surface area contributed by atoms with Gasteiger partial charge >= 0.3 is 0 Å². The number of rotatable bonds is 2. The number of anilines is 1. The fraction of sp³-hybridized carbons (Fsp3) is 0.125. The SMILES string of the molecule is Cc1ccc(C(=O)NC(=S)Nc2cc(Cl)ccc2Cl)cc1C. The van der Waals surface area contributed by atoms with Gasteiger partial charge in [-0.25, -0.2) is 0 Å². The molecule has 2 aromatic carbocycles. The van der Waals surface area contributed by atoms with Crippen LogP contribution in [0.15, 0.2) is 36.4 Å². The van der Waals surface area contributed by atoms with Crippen LogP contribution in [0.25, 0.3) is 0 Å². The van der Waals surface area contributed by atoms with Crippen molar-refractivity contribution < 1.29 is 4.79 Å². The van der Waals surface area contributed by atoms with Crippen molar-refractivity contribution in [3.63, 3.8) is 0 Å². The zero-order valence-electron chi connectivity index (χ0n) is 12.0. The summed E-state index contributed by atoms with van der Waals surface area (Å²) in [7, 11) is 0. The minimum atomic E-state index is -0.279. The Bertz CT molecular complexity index is 747. The summed E-state index contributed by atoms with van der Waals surface area (Å²) in [5.74, 6) is -0.279. The van der Waals surface area contributed by atoms with Crippen LogP contribution in [0.1, 0.15) is 21.5 Å². The summed E-state index contributed by atoms with van der Waals surface area (Å²) in [4.78, 5) is 12.2. The molecule has 6 heteroatoms. The molecule has 0 aromatic heterocycles. The highest BCUT2D eigenvalue weighted by Crippen LogP contribution is 2.25. The number of amides is 1. The van der Waals surface area contributed by atoms with Crippen LogP contribution in [0.3, 0.4) is 0 Å². The molecular weight excluding hydrogens is 339 g/mol. The van der Waals surface area contributed by atoms with Crippen LogP contribution in [-0.2, 0) is 0 Å². The highest BCUT2D eigenvalue weighted by molar-refractivity contribution is 7.80. The van der Waals surface area contributed by atoms with Crippen molar-refractivity contribution in [3.05, 3.63) is 63.1 Å². The van der Waals surface area contributed by atoms with Crippen LogP contribution >= 0.6 is 35.4 Å². The maximum absolute atomic E-state index is 12.2. The first-order valence-corrected chi connectivity index (χ1v) is 7.68. The van der Waals surface area contributed by atoms with E-state index < -0.39 is 0 Å². The predicted molar refractivity (Wildman–Crippen MR) is 96.1 cm³/mol. The minimum absolute atomic E-state index is 0.160. The molecule has 0 saturated carbocycles. The number of halogens is 2. The summed E-state index contributed by atoms with van der Waals surface area (Å²) >= 11 is 17.1. The molecule has 0 heterocycles. The van der Waals surface area contributed by atoms with Crippen LogP contribution in [-0.4, -0.2) is 11.0 Å². The van der Waals surface area contributed by atoms with Crippen molar-refractivity contribution in [3.8, 4) is 0 Å². The number of hydrogen-bond acceptors (Lipinski definition) is 2. The van der Waals surface area contributed by atoms with E-state index >= 15 is 0 Å². The lowest BCUT2D eigenvalue weighted by Gasteiger charge is -2.12. The summed E-state index contributed by atoms with van der Waals surface area (Å²) in [6.07, 6.45) is 0. The third-order valence-electron chi connectivity index (χ3n) is 3.17. The van der Waals surface area contributed by atoms with Crippen LogP contribution in [0.5, 0.6) is 0 Å². The summed E-state index contributed by atoms with van der Waals surface area (Å²) in [6, 6.07) is 10.4. The Morgan fingerprint density at radius 2 is 1.77 bits per heavy atom. The van der Waals surface area contributed by atoms with Gasteiger partial charge in [0, 0.05) is 10.6 Å². The molecule has 0 saturated heterocycles. The molecule has 0 atom stereocenters. The number of benzene rings is 2. The first-order chi connectivity index (χ1) is 10.4. The van der Waals surface area contributed by atoms with E-state index in [0.717, 1.165) is 11.1 Å². The van der Waals surface area contributed by atoms with E-state index in [9.17, 15) is 4.79 Å². The Morgan fingerprint density at radius 1 is 1.05 bits per heavy atom. The van der Waals surface area contributed by atoms with Crippen molar-refractivity contribution in [2.75, 3.05) is 5.32 Å². The molecule has 0 unspecified atom stereocenters. The third kappa shape index (κ3) is 4.19. The van der Waals surface area contributed by atoms with E-state index in [4.69, 9.17) is 35.4 Å². The normalized spacial score (nSPS) is 10.2. The van der Waals surface area contributed by atoms with E-state index in [1.165, 1.54) is 0 Å². The Balaban J connectivity index is 2.06. The van der Waals surface area contributed by atoms with E-state index in [1.54, 1.807) is 24.3 Å². The maximum atomic E-state index is 12.2. The molecule has 0 bridgehead atoms. The quantitative estimate of drug-likeness (QED) is 0.767. The van der Waals surface area contributed by atoms with Gasteiger partial charge in [0.05, 0.1) is 10.7 Å². The second-order valence-corrected chi connectivity index (χ2v) is 6.08. The summed E-state index contributed by atoms with van der Waals surface area (Å²) < 4.78 is 0. The van der Waals surface area contributed by atoms with E-state index in [2.05, 4.69) is 10.6 Å². The van der Waals surface area contributed by atoms with Crippen LogP contribution in [0, 0.1) is 13.8 Å².